The molecule has 0 spiro atoms. The fraction of sp³-hybridized carbons (Fsp3) is 0.737. The van der Waals surface area contributed by atoms with Gasteiger partial charge < -0.3 is 20.5 Å². The molecule has 7 heteroatoms. The maximum Gasteiger partial charge on any atom is 0.252 e. The van der Waals surface area contributed by atoms with Crippen molar-refractivity contribution in [3.05, 3.63) is 17.5 Å². The van der Waals surface area contributed by atoms with Crippen molar-refractivity contribution in [1.82, 2.24) is 9.97 Å². The van der Waals surface area contributed by atoms with Gasteiger partial charge in [0, 0.05) is 32.1 Å². The van der Waals surface area contributed by atoms with Gasteiger partial charge in [0.25, 0.3) is 5.91 Å². The van der Waals surface area contributed by atoms with Gasteiger partial charge in [-0.2, -0.15) is 0 Å². The van der Waals surface area contributed by atoms with Crippen LogP contribution < -0.4 is 11.1 Å². The number of nitrogens with one attached hydrogen (secondary N) is 1. The molecule has 1 aliphatic carbocycles. The van der Waals surface area contributed by atoms with E-state index in [-0.39, 0.29) is 0 Å². The van der Waals surface area contributed by atoms with Gasteiger partial charge >= 0.3 is 0 Å². The lowest BCUT2D eigenvalue weighted by molar-refractivity contribution is 0.0256. The SMILES string of the molecule is CCO[C@H]1CC[C@@H](Cc2nc(NC3CCOCC3)ncc2C(N)=O)CC1. The van der Waals surface area contributed by atoms with Gasteiger partial charge in [-0.05, 0) is 57.8 Å². The Morgan fingerprint density at radius 3 is 2.65 bits per heavy atom. The number of nitrogens with zero attached hydrogens (tertiary/aromatic N) is 2. The standard InChI is InChI=1S/C19H30N4O3/c1-2-26-15-5-3-13(4-6-15)11-17-16(18(20)24)12-21-19(23-17)22-14-7-9-25-10-8-14/h12-15H,2-11H2,1H3,(H2,20,24)(H,21,22,23)/t13-,15+. The number of hydrogen-bond donors (Lipinski definition) is 2. The number of anilines is 1. The lowest BCUT2D eigenvalue weighted by Crippen LogP contribution is -2.29. The van der Waals surface area contributed by atoms with Gasteiger partial charge in [0.05, 0.1) is 17.4 Å². The van der Waals surface area contributed by atoms with Crippen LogP contribution in [-0.2, 0) is 15.9 Å². The molecule has 26 heavy (non-hydrogen) atoms. The van der Waals surface area contributed by atoms with Crippen LogP contribution in [0.25, 0.3) is 0 Å². The quantitative estimate of drug-likeness (QED) is 0.772. The number of aromatic nitrogens is 2. The van der Waals surface area contributed by atoms with Crippen molar-refractivity contribution in [1.29, 1.82) is 0 Å². The summed E-state index contributed by atoms with van der Waals surface area (Å²) < 4.78 is 11.1. The third kappa shape index (κ3) is 5.14. The molecule has 0 bridgehead atoms. The van der Waals surface area contributed by atoms with E-state index in [2.05, 4.69) is 15.3 Å². The van der Waals surface area contributed by atoms with Crippen molar-refractivity contribution in [2.45, 2.75) is 64.0 Å². The van der Waals surface area contributed by atoms with Crippen LogP contribution in [0.5, 0.6) is 0 Å². The Hall–Kier alpha value is -1.73. The van der Waals surface area contributed by atoms with Gasteiger partial charge in [0.1, 0.15) is 0 Å². The topological polar surface area (TPSA) is 99.4 Å². The van der Waals surface area contributed by atoms with Gasteiger partial charge in [0.2, 0.25) is 5.95 Å². The van der Waals surface area contributed by atoms with E-state index in [1.165, 1.54) is 0 Å². The number of carbonyl (C=O) groups is 1. The minimum atomic E-state index is -0.458. The molecule has 7 nitrogen and oxygen atoms in total. The largest absolute Gasteiger partial charge is 0.381 e. The summed E-state index contributed by atoms with van der Waals surface area (Å²) in [7, 11) is 0. The monoisotopic (exact) mass is 362 g/mol. The molecule has 0 radical (unpaired) electrons. The molecule has 1 amide bonds. The lowest BCUT2D eigenvalue weighted by Gasteiger charge is -2.28. The van der Waals surface area contributed by atoms with E-state index in [4.69, 9.17) is 15.2 Å². The second kappa shape index (κ2) is 9.28. The van der Waals surface area contributed by atoms with Crippen LogP contribution in [0.2, 0.25) is 0 Å². The van der Waals surface area contributed by atoms with E-state index in [1.807, 2.05) is 6.92 Å². The molecule has 144 valence electrons. The molecule has 1 saturated heterocycles. The molecule has 0 unspecified atom stereocenters. The zero-order valence-corrected chi connectivity index (χ0v) is 15.6. The first-order chi connectivity index (χ1) is 12.7. The summed E-state index contributed by atoms with van der Waals surface area (Å²) in [6.07, 6.45) is 8.93. The maximum absolute atomic E-state index is 11.8. The number of amides is 1. The van der Waals surface area contributed by atoms with Gasteiger partial charge in [-0.25, -0.2) is 9.97 Å². The zero-order chi connectivity index (χ0) is 18.4. The Balaban J connectivity index is 1.65. The lowest BCUT2D eigenvalue weighted by atomic mass is 9.84. The number of primary amides is 1. The maximum atomic E-state index is 11.8. The summed E-state index contributed by atoms with van der Waals surface area (Å²) in [6.45, 7) is 4.33. The van der Waals surface area contributed by atoms with E-state index < -0.39 is 5.91 Å². The molecule has 3 rings (SSSR count). The van der Waals surface area contributed by atoms with Crippen LogP contribution in [-0.4, -0.2) is 47.8 Å². The Morgan fingerprint density at radius 2 is 2.00 bits per heavy atom. The van der Waals surface area contributed by atoms with E-state index in [0.717, 1.165) is 70.5 Å². The van der Waals surface area contributed by atoms with Crippen molar-refractivity contribution >= 4 is 11.9 Å². The molecular weight excluding hydrogens is 332 g/mol. The van der Waals surface area contributed by atoms with Crippen molar-refractivity contribution in [2.24, 2.45) is 11.7 Å². The number of rotatable bonds is 7. The first-order valence-corrected chi connectivity index (χ1v) is 9.77. The minimum Gasteiger partial charge on any atom is -0.381 e. The number of nitrogens with two attached hydrogens (primary N) is 1. The molecule has 3 N–H and O–H groups in total. The Bertz CT molecular complexity index is 596. The van der Waals surface area contributed by atoms with Gasteiger partial charge in [-0.15, -0.1) is 0 Å². The third-order valence-corrected chi connectivity index (χ3v) is 5.37. The predicted octanol–water partition coefficient (Wildman–Crippen LogP) is 2.30. The van der Waals surface area contributed by atoms with Gasteiger partial charge in [-0.3, -0.25) is 4.79 Å². The van der Waals surface area contributed by atoms with Crippen LogP contribution in [0, 0.1) is 5.92 Å². The van der Waals surface area contributed by atoms with Crippen LogP contribution >= 0.6 is 0 Å². The molecule has 1 aliphatic heterocycles. The average Bonchev–Trinajstić information content (AvgIpc) is 2.64. The zero-order valence-electron chi connectivity index (χ0n) is 15.6. The Labute approximate surface area is 155 Å². The highest BCUT2D eigenvalue weighted by atomic mass is 16.5. The molecule has 0 atom stereocenters. The molecule has 2 fully saturated rings. The highest BCUT2D eigenvalue weighted by Gasteiger charge is 2.24. The fourth-order valence-corrected chi connectivity index (χ4v) is 3.88. The molecule has 0 aromatic carbocycles. The van der Waals surface area contributed by atoms with Crippen LogP contribution in [0.1, 0.15) is 61.5 Å². The highest BCUT2D eigenvalue weighted by molar-refractivity contribution is 5.93. The highest BCUT2D eigenvalue weighted by Crippen LogP contribution is 2.29. The van der Waals surface area contributed by atoms with Crippen LogP contribution in [0.15, 0.2) is 6.20 Å². The summed E-state index contributed by atoms with van der Waals surface area (Å²) in [5.41, 5.74) is 6.74. The average molecular weight is 362 g/mol. The second-order valence-electron chi connectivity index (χ2n) is 7.25. The van der Waals surface area contributed by atoms with Gasteiger partial charge in [-0.1, -0.05) is 0 Å². The van der Waals surface area contributed by atoms with Crippen LogP contribution in [0.4, 0.5) is 5.95 Å². The number of ether oxygens (including phenoxy) is 2. The summed E-state index contributed by atoms with van der Waals surface area (Å²) in [5.74, 6) is 0.635. The number of carbonyl (C=O) groups excluding carboxylic acids is 1. The van der Waals surface area contributed by atoms with Crippen LogP contribution in [0.3, 0.4) is 0 Å². The first kappa shape index (κ1) is 19.0. The number of hydrogen-bond acceptors (Lipinski definition) is 6. The first-order valence-electron chi connectivity index (χ1n) is 9.77. The van der Waals surface area contributed by atoms with Gasteiger partial charge in [0.15, 0.2) is 0 Å². The van der Waals surface area contributed by atoms with Crippen molar-refractivity contribution < 1.29 is 14.3 Å². The van der Waals surface area contributed by atoms with Crippen molar-refractivity contribution in [3.63, 3.8) is 0 Å². The van der Waals surface area contributed by atoms with E-state index >= 15 is 0 Å². The predicted molar refractivity (Wildman–Crippen MR) is 99.1 cm³/mol. The van der Waals surface area contributed by atoms with E-state index in [9.17, 15) is 4.79 Å². The normalized spacial score (nSPS) is 24.3. The van der Waals surface area contributed by atoms with Crippen molar-refractivity contribution in [2.75, 3.05) is 25.1 Å². The molecule has 2 heterocycles. The minimum absolute atomic E-state index is 0.317. The molecule has 2 aliphatic rings. The van der Waals surface area contributed by atoms with Crippen molar-refractivity contribution in [3.8, 4) is 0 Å². The third-order valence-electron chi connectivity index (χ3n) is 5.37. The molecule has 1 saturated carbocycles. The fourth-order valence-electron chi connectivity index (χ4n) is 3.88. The Kier molecular flexibility index (Phi) is 6.80. The summed E-state index contributed by atoms with van der Waals surface area (Å²) in [6, 6.07) is 0.317. The molecule has 1 aromatic rings. The smallest absolute Gasteiger partial charge is 0.252 e. The summed E-state index contributed by atoms with van der Waals surface area (Å²) in [4.78, 5) is 20.7. The molecule has 1 aromatic heterocycles. The second-order valence-corrected chi connectivity index (χ2v) is 7.25. The summed E-state index contributed by atoms with van der Waals surface area (Å²) in [5, 5.41) is 3.37. The molecular formula is C19H30N4O3. The van der Waals surface area contributed by atoms with E-state index in [1.54, 1.807) is 6.20 Å². The van der Waals surface area contributed by atoms with E-state index in [0.29, 0.717) is 29.6 Å². The summed E-state index contributed by atoms with van der Waals surface area (Å²) >= 11 is 0. The Morgan fingerprint density at radius 1 is 1.27 bits per heavy atom.